The summed E-state index contributed by atoms with van der Waals surface area (Å²) in [5.74, 6) is -0.706. The molecule has 0 aliphatic heterocycles. The monoisotopic (exact) mass is 301 g/mol. The number of nitrogens with zero attached hydrogens (tertiary/aromatic N) is 1. The molecule has 0 N–H and O–H groups in total. The van der Waals surface area contributed by atoms with Crippen molar-refractivity contribution in [2.24, 2.45) is 0 Å². The standard InChI is InChI=1S/C13H17BrFNO/c1-3-8-16(9-4-2)13(17)10-6-5-7-11(14)12(10)15/h5-7H,3-4,8-9H2,1-2H3. The molecule has 0 bridgehead atoms. The van der Waals surface area contributed by atoms with Crippen molar-refractivity contribution in [1.82, 2.24) is 4.90 Å². The number of amides is 1. The molecule has 0 saturated carbocycles. The van der Waals surface area contributed by atoms with Crippen LogP contribution in [0.2, 0.25) is 0 Å². The third kappa shape index (κ3) is 3.53. The van der Waals surface area contributed by atoms with Gasteiger partial charge in [0.25, 0.3) is 5.91 Å². The van der Waals surface area contributed by atoms with Crippen molar-refractivity contribution in [3.8, 4) is 0 Å². The lowest BCUT2D eigenvalue weighted by Gasteiger charge is -2.21. The summed E-state index contributed by atoms with van der Waals surface area (Å²) in [4.78, 5) is 13.9. The Kier molecular flexibility index (Phi) is 5.62. The molecule has 0 radical (unpaired) electrons. The summed E-state index contributed by atoms with van der Waals surface area (Å²) in [6, 6.07) is 4.80. The van der Waals surface area contributed by atoms with E-state index >= 15 is 0 Å². The quantitative estimate of drug-likeness (QED) is 0.809. The van der Waals surface area contributed by atoms with Crippen LogP contribution in [-0.4, -0.2) is 23.9 Å². The van der Waals surface area contributed by atoms with Crippen molar-refractivity contribution >= 4 is 21.8 Å². The first-order chi connectivity index (χ1) is 8.11. The summed E-state index contributed by atoms with van der Waals surface area (Å²) >= 11 is 3.10. The van der Waals surface area contributed by atoms with Crippen molar-refractivity contribution in [2.75, 3.05) is 13.1 Å². The Morgan fingerprint density at radius 2 is 1.88 bits per heavy atom. The molecule has 0 heterocycles. The van der Waals surface area contributed by atoms with Gasteiger partial charge in [0.2, 0.25) is 0 Å². The van der Waals surface area contributed by atoms with E-state index in [9.17, 15) is 9.18 Å². The van der Waals surface area contributed by atoms with Gasteiger partial charge in [-0.3, -0.25) is 4.79 Å². The van der Waals surface area contributed by atoms with Crippen LogP contribution in [0.3, 0.4) is 0 Å². The summed E-state index contributed by atoms with van der Waals surface area (Å²) < 4.78 is 14.1. The topological polar surface area (TPSA) is 20.3 Å². The number of rotatable bonds is 5. The van der Waals surface area contributed by atoms with Crippen LogP contribution in [0.15, 0.2) is 22.7 Å². The Morgan fingerprint density at radius 1 is 1.29 bits per heavy atom. The molecule has 0 spiro atoms. The second-order valence-electron chi connectivity index (χ2n) is 3.89. The Labute approximate surface area is 110 Å². The predicted molar refractivity (Wildman–Crippen MR) is 70.6 cm³/mol. The van der Waals surface area contributed by atoms with Crippen LogP contribution in [0.25, 0.3) is 0 Å². The molecule has 0 fully saturated rings. The lowest BCUT2D eigenvalue weighted by Crippen LogP contribution is -2.33. The Balaban J connectivity index is 2.96. The van der Waals surface area contributed by atoms with E-state index in [1.54, 1.807) is 17.0 Å². The zero-order chi connectivity index (χ0) is 12.8. The first-order valence-electron chi connectivity index (χ1n) is 5.85. The van der Waals surface area contributed by atoms with E-state index in [0.717, 1.165) is 12.8 Å². The zero-order valence-electron chi connectivity index (χ0n) is 10.2. The fraction of sp³-hybridized carbons (Fsp3) is 0.462. The molecule has 1 aromatic rings. The van der Waals surface area contributed by atoms with Gasteiger partial charge in [0.05, 0.1) is 10.0 Å². The van der Waals surface area contributed by atoms with Gasteiger partial charge in [0.15, 0.2) is 0 Å². The smallest absolute Gasteiger partial charge is 0.256 e. The fourth-order valence-corrected chi connectivity index (χ4v) is 2.06. The Hall–Kier alpha value is -0.900. The minimum absolute atomic E-state index is 0.140. The van der Waals surface area contributed by atoms with Crippen molar-refractivity contribution in [3.05, 3.63) is 34.1 Å². The first kappa shape index (κ1) is 14.2. The molecule has 0 saturated heterocycles. The highest BCUT2D eigenvalue weighted by Crippen LogP contribution is 2.20. The molecule has 17 heavy (non-hydrogen) atoms. The summed E-state index contributed by atoms with van der Waals surface area (Å²) in [6.45, 7) is 5.34. The molecule has 4 heteroatoms. The van der Waals surface area contributed by atoms with Crippen molar-refractivity contribution in [2.45, 2.75) is 26.7 Å². The Morgan fingerprint density at radius 3 is 2.41 bits per heavy atom. The maximum atomic E-state index is 13.8. The van der Waals surface area contributed by atoms with E-state index < -0.39 is 5.82 Å². The summed E-state index contributed by atoms with van der Waals surface area (Å²) in [6.07, 6.45) is 1.75. The van der Waals surface area contributed by atoms with Gasteiger partial charge in [-0.05, 0) is 40.9 Å². The minimum Gasteiger partial charge on any atom is -0.339 e. The number of hydrogen-bond donors (Lipinski definition) is 0. The normalized spacial score (nSPS) is 10.4. The molecule has 0 unspecified atom stereocenters. The van der Waals surface area contributed by atoms with Crippen LogP contribution in [0.5, 0.6) is 0 Å². The second-order valence-corrected chi connectivity index (χ2v) is 4.75. The van der Waals surface area contributed by atoms with Crippen molar-refractivity contribution in [3.63, 3.8) is 0 Å². The van der Waals surface area contributed by atoms with Gasteiger partial charge in [-0.1, -0.05) is 19.9 Å². The van der Waals surface area contributed by atoms with Crippen LogP contribution in [0.1, 0.15) is 37.0 Å². The third-order valence-corrected chi connectivity index (χ3v) is 3.07. The number of halogens is 2. The number of carbonyl (C=O) groups excluding carboxylic acids is 1. The molecule has 1 amide bonds. The zero-order valence-corrected chi connectivity index (χ0v) is 11.8. The summed E-state index contributed by atoms with van der Waals surface area (Å²) in [5, 5.41) is 0. The summed E-state index contributed by atoms with van der Waals surface area (Å²) in [7, 11) is 0. The molecule has 0 aliphatic carbocycles. The lowest BCUT2D eigenvalue weighted by atomic mass is 10.1. The van der Waals surface area contributed by atoms with Gasteiger partial charge in [0, 0.05) is 13.1 Å². The highest BCUT2D eigenvalue weighted by atomic mass is 79.9. The molecule has 2 nitrogen and oxygen atoms in total. The minimum atomic E-state index is -0.477. The van der Waals surface area contributed by atoms with Gasteiger partial charge in [0.1, 0.15) is 5.82 Å². The van der Waals surface area contributed by atoms with Gasteiger partial charge in [-0.25, -0.2) is 4.39 Å². The molecule has 1 rings (SSSR count). The lowest BCUT2D eigenvalue weighted by molar-refractivity contribution is 0.0750. The second kappa shape index (κ2) is 6.74. The van der Waals surface area contributed by atoms with Crippen LogP contribution in [0, 0.1) is 5.82 Å². The van der Waals surface area contributed by atoms with E-state index in [1.165, 1.54) is 6.07 Å². The molecule has 0 atom stereocenters. The molecule has 1 aromatic carbocycles. The molecule has 0 aliphatic rings. The first-order valence-corrected chi connectivity index (χ1v) is 6.64. The van der Waals surface area contributed by atoms with Crippen LogP contribution >= 0.6 is 15.9 Å². The number of benzene rings is 1. The fourth-order valence-electron chi connectivity index (χ4n) is 1.69. The molecule has 0 aromatic heterocycles. The average Bonchev–Trinajstić information content (AvgIpc) is 2.31. The maximum Gasteiger partial charge on any atom is 0.256 e. The highest BCUT2D eigenvalue weighted by molar-refractivity contribution is 9.10. The molecular weight excluding hydrogens is 285 g/mol. The van der Waals surface area contributed by atoms with E-state index in [-0.39, 0.29) is 11.5 Å². The van der Waals surface area contributed by atoms with E-state index in [1.807, 2.05) is 13.8 Å². The Bertz CT molecular complexity index is 389. The average molecular weight is 302 g/mol. The van der Waals surface area contributed by atoms with Gasteiger partial charge >= 0.3 is 0 Å². The van der Waals surface area contributed by atoms with Gasteiger partial charge in [-0.2, -0.15) is 0 Å². The van der Waals surface area contributed by atoms with E-state index in [0.29, 0.717) is 17.6 Å². The van der Waals surface area contributed by atoms with Crippen LogP contribution in [-0.2, 0) is 0 Å². The summed E-state index contributed by atoms with van der Waals surface area (Å²) in [5.41, 5.74) is 0.140. The van der Waals surface area contributed by atoms with Crippen LogP contribution < -0.4 is 0 Å². The maximum absolute atomic E-state index is 13.8. The molecular formula is C13H17BrFNO. The van der Waals surface area contributed by atoms with Crippen molar-refractivity contribution in [1.29, 1.82) is 0 Å². The number of hydrogen-bond acceptors (Lipinski definition) is 1. The van der Waals surface area contributed by atoms with Crippen molar-refractivity contribution < 1.29 is 9.18 Å². The van der Waals surface area contributed by atoms with E-state index in [4.69, 9.17) is 0 Å². The highest BCUT2D eigenvalue weighted by Gasteiger charge is 2.19. The molecule has 94 valence electrons. The SMILES string of the molecule is CCCN(CCC)C(=O)c1cccc(Br)c1F. The van der Waals surface area contributed by atoms with Gasteiger partial charge < -0.3 is 4.90 Å². The van der Waals surface area contributed by atoms with Gasteiger partial charge in [-0.15, -0.1) is 0 Å². The predicted octanol–water partition coefficient (Wildman–Crippen LogP) is 3.85. The van der Waals surface area contributed by atoms with Crippen LogP contribution in [0.4, 0.5) is 4.39 Å². The third-order valence-electron chi connectivity index (χ3n) is 2.46. The largest absolute Gasteiger partial charge is 0.339 e. The van der Waals surface area contributed by atoms with E-state index in [2.05, 4.69) is 15.9 Å². The number of carbonyl (C=O) groups is 1.